The molecule has 0 aliphatic carbocycles. The molecule has 0 atom stereocenters. The standard InChI is InChI=1S/C25H24N2O4S/c28-25(22-8-12-24(13-9-22)32(29,30)27-18-2-1-3-19-27)31-23-10-6-20(7-11-23)4-5-21-14-16-26-17-15-21/h4-17H,1-3,18-19H2/b5-4+. The number of esters is 1. The van der Waals surface area contributed by atoms with E-state index in [1.165, 1.54) is 28.6 Å². The molecule has 2 aromatic carbocycles. The second-order valence-electron chi connectivity index (χ2n) is 7.56. The smallest absolute Gasteiger partial charge is 0.343 e. The average molecular weight is 449 g/mol. The second-order valence-corrected chi connectivity index (χ2v) is 9.50. The molecule has 0 amide bonds. The molecule has 6 nitrogen and oxygen atoms in total. The Balaban J connectivity index is 1.39. The Bertz CT molecular complexity index is 1180. The summed E-state index contributed by atoms with van der Waals surface area (Å²) in [6.07, 6.45) is 10.2. The predicted molar refractivity (Wildman–Crippen MR) is 124 cm³/mol. The molecule has 0 radical (unpaired) electrons. The molecule has 1 aliphatic rings. The topological polar surface area (TPSA) is 76.6 Å². The molecule has 0 unspecified atom stereocenters. The number of sulfonamides is 1. The molecule has 4 rings (SSSR count). The van der Waals surface area contributed by atoms with E-state index in [-0.39, 0.29) is 4.90 Å². The van der Waals surface area contributed by atoms with Gasteiger partial charge in [0.1, 0.15) is 5.75 Å². The van der Waals surface area contributed by atoms with Crippen molar-refractivity contribution in [3.8, 4) is 5.75 Å². The molecule has 0 spiro atoms. The summed E-state index contributed by atoms with van der Waals surface area (Å²) >= 11 is 0. The van der Waals surface area contributed by atoms with Crippen LogP contribution in [0.1, 0.15) is 40.7 Å². The summed E-state index contributed by atoms with van der Waals surface area (Å²) < 4.78 is 32.4. The largest absolute Gasteiger partial charge is 0.423 e. The summed E-state index contributed by atoms with van der Waals surface area (Å²) in [6, 6.07) is 16.9. The van der Waals surface area contributed by atoms with Gasteiger partial charge in [-0.1, -0.05) is 30.7 Å². The predicted octanol–water partition coefficient (Wildman–Crippen LogP) is 4.65. The number of benzene rings is 2. The molecular formula is C25H24N2O4S. The van der Waals surface area contributed by atoms with Crippen molar-refractivity contribution in [2.75, 3.05) is 13.1 Å². The highest BCUT2D eigenvalue weighted by molar-refractivity contribution is 7.89. The van der Waals surface area contributed by atoms with Gasteiger partial charge in [0.25, 0.3) is 0 Å². The molecule has 0 bridgehead atoms. The highest BCUT2D eigenvalue weighted by Gasteiger charge is 2.26. The molecule has 32 heavy (non-hydrogen) atoms. The zero-order valence-electron chi connectivity index (χ0n) is 17.6. The lowest BCUT2D eigenvalue weighted by Crippen LogP contribution is -2.35. The van der Waals surface area contributed by atoms with Crippen LogP contribution in [0.15, 0.2) is 78.0 Å². The van der Waals surface area contributed by atoms with Crippen LogP contribution in [0.2, 0.25) is 0 Å². The normalized spacial score (nSPS) is 15.0. The Morgan fingerprint density at radius 3 is 2.03 bits per heavy atom. The summed E-state index contributed by atoms with van der Waals surface area (Å²) in [7, 11) is -3.52. The third kappa shape index (κ3) is 5.30. The molecule has 1 saturated heterocycles. The highest BCUT2D eigenvalue weighted by atomic mass is 32.2. The number of hydrogen-bond acceptors (Lipinski definition) is 5. The number of ether oxygens (including phenoxy) is 1. The van der Waals surface area contributed by atoms with Crippen LogP contribution < -0.4 is 4.74 Å². The van der Waals surface area contributed by atoms with Crippen LogP contribution in [0.5, 0.6) is 5.75 Å². The Kier molecular flexibility index (Phi) is 6.78. The van der Waals surface area contributed by atoms with Crippen LogP contribution in [-0.2, 0) is 10.0 Å². The summed E-state index contributed by atoms with van der Waals surface area (Å²) in [6.45, 7) is 1.08. The molecule has 2 heterocycles. The lowest BCUT2D eigenvalue weighted by Gasteiger charge is -2.25. The van der Waals surface area contributed by atoms with Gasteiger partial charge in [-0.3, -0.25) is 4.98 Å². The van der Waals surface area contributed by atoms with Crippen molar-refractivity contribution in [1.29, 1.82) is 0 Å². The zero-order chi connectivity index (χ0) is 22.4. The Labute approximate surface area is 188 Å². The van der Waals surface area contributed by atoms with Crippen molar-refractivity contribution in [1.82, 2.24) is 9.29 Å². The van der Waals surface area contributed by atoms with E-state index < -0.39 is 16.0 Å². The number of hydrogen-bond donors (Lipinski definition) is 0. The van der Waals surface area contributed by atoms with E-state index in [2.05, 4.69) is 4.98 Å². The number of carbonyl (C=O) groups is 1. The third-order valence-electron chi connectivity index (χ3n) is 5.31. The van der Waals surface area contributed by atoms with Gasteiger partial charge in [-0.2, -0.15) is 4.31 Å². The van der Waals surface area contributed by atoms with Crippen molar-refractivity contribution in [3.63, 3.8) is 0 Å². The van der Waals surface area contributed by atoms with Crippen molar-refractivity contribution in [2.45, 2.75) is 24.2 Å². The SMILES string of the molecule is O=C(Oc1ccc(/C=C/c2ccncc2)cc1)c1ccc(S(=O)(=O)N2CCCCC2)cc1. The highest BCUT2D eigenvalue weighted by Crippen LogP contribution is 2.22. The zero-order valence-corrected chi connectivity index (χ0v) is 18.4. The van der Waals surface area contributed by atoms with Gasteiger partial charge in [0.2, 0.25) is 10.0 Å². The van der Waals surface area contributed by atoms with Crippen LogP contribution in [0, 0.1) is 0 Å². The summed E-state index contributed by atoms with van der Waals surface area (Å²) in [5.41, 5.74) is 2.30. The fourth-order valence-corrected chi connectivity index (χ4v) is 5.01. The number of pyridine rings is 1. The maximum absolute atomic E-state index is 12.7. The van der Waals surface area contributed by atoms with E-state index in [0.717, 1.165) is 30.4 Å². The average Bonchev–Trinajstić information content (AvgIpc) is 2.85. The molecule has 1 aliphatic heterocycles. The Hall–Kier alpha value is -3.29. The van der Waals surface area contributed by atoms with E-state index in [0.29, 0.717) is 24.4 Å². The number of rotatable bonds is 6. The van der Waals surface area contributed by atoms with Gasteiger partial charge in [-0.25, -0.2) is 13.2 Å². The molecule has 1 aromatic heterocycles. The van der Waals surface area contributed by atoms with Gasteiger partial charge < -0.3 is 4.74 Å². The fourth-order valence-electron chi connectivity index (χ4n) is 3.50. The van der Waals surface area contributed by atoms with Gasteiger partial charge in [-0.15, -0.1) is 0 Å². The number of nitrogens with zero attached hydrogens (tertiary/aromatic N) is 2. The lowest BCUT2D eigenvalue weighted by molar-refractivity contribution is 0.0734. The first kappa shape index (κ1) is 21.9. The van der Waals surface area contributed by atoms with E-state index >= 15 is 0 Å². The number of carbonyl (C=O) groups excluding carboxylic acids is 1. The van der Waals surface area contributed by atoms with Gasteiger partial charge in [0.15, 0.2) is 0 Å². The van der Waals surface area contributed by atoms with E-state index in [9.17, 15) is 13.2 Å². The van der Waals surface area contributed by atoms with Crippen LogP contribution in [-0.4, -0.2) is 36.8 Å². The van der Waals surface area contributed by atoms with Crippen molar-refractivity contribution in [3.05, 3.63) is 89.7 Å². The van der Waals surface area contributed by atoms with Crippen LogP contribution in [0.25, 0.3) is 12.2 Å². The first-order chi connectivity index (χ1) is 15.5. The lowest BCUT2D eigenvalue weighted by atomic mass is 10.1. The van der Waals surface area contributed by atoms with E-state index in [1.807, 2.05) is 36.4 Å². The minimum Gasteiger partial charge on any atom is -0.423 e. The minimum absolute atomic E-state index is 0.196. The number of aromatic nitrogens is 1. The molecule has 3 aromatic rings. The van der Waals surface area contributed by atoms with Crippen molar-refractivity contribution < 1.29 is 17.9 Å². The van der Waals surface area contributed by atoms with Gasteiger partial charge in [0, 0.05) is 25.5 Å². The molecular weight excluding hydrogens is 424 g/mol. The van der Waals surface area contributed by atoms with Gasteiger partial charge >= 0.3 is 5.97 Å². The van der Waals surface area contributed by atoms with E-state index in [4.69, 9.17) is 4.74 Å². The van der Waals surface area contributed by atoms with E-state index in [1.54, 1.807) is 24.5 Å². The summed E-state index contributed by atoms with van der Waals surface area (Å²) in [5.74, 6) is -0.118. The van der Waals surface area contributed by atoms with Gasteiger partial charge in [-0.05, 0) is 72.5 Å². The van der Waals surface area contributed by atoms with Crippen molar-refractivity contribution in [2.24, 2.45) is 0 Å². The Morgan fingerprint density at radius 1 is 0.812 bits per heavy atom. The van der Waals surface area contributed by atoms with Gasteiger partial charge in [0.05, 0.1) is 10.5 Å². The minimum atomic E-state index is -3.52. The summed E-state index contributed by atoms with van der Waals surface area (Å²) in [4.78, 5) is 16.7. The van der Waals surface area contributed by atoms with Crippen LogP contribution >= 0.6 is 0 Å². The molecule has 7 heteroatoms. The monoisotopic (exact) mass is 448 g/mol. The first-order valence-corrected chi connectivity index (χ1v) is 12.0. The van der Waals surface area contributed by atoms with Crippen molar-refractivity contribution >= 4 is 28.1 Å². The quantitative estimate of drug-likeness (QED) is 0.405. The van der Waals surface area contributed by atoms with Crippen LogP contribution in [0.4, 0.5) is 0 Å². The van der Waals surface area contributed by atoms with Crippen LogP contribution in [0.3, 0.4) is 0 Å². The third-order valence-corrected chi connectivity index (χ3v) is 7.22. The Morgan fingerprint density at radius 2 is 1.41 bits per heavy atom. The fraction of sp³-hybridized carbons (Fsp3) is 0.200. The number of piperidine rings is 1. The molecule has 164 valence electrons. The second kappa shape index (κ2) is 9.89. The molecule has 0 saturated carbocycles. The maximum atomic E-state index is 12.7. The first-order valence-electron chi connectivity index (χ1n) is 10.5. The molecule has 1 fully saturated rings. The maximum Gasteiger partial charge on any atom is 0.343 e. The molecule has 0 N–H and O–H groups in total. The summed E-state index contributed by atoms with van der Waals surface area (Å²) in [5, 5.41) is 0.